The van der Waals surface area contributed by atoms with Crippen molar-refractivity contribution in [3.05, 3.63) is 83.0 Å². The third kappa shape index (κ3) is 4.33. The fraction of sp³-hybridized carbons (Fsp3) is 0.0833. The summed E-state index contributed by atoms with van der Waals surface area (Å²) in [7, 11) is 0. The van der Waals surface area contributed by atoms with Crippen molar-refractivity contribution in [2.75, 3.05) is 5.32 Å². The van der Waals surface area contributed by atoms with E-state index >= 15 is 0 Å². The quantitative estimate of drug-likeness (QED) is 0.429. The molecule has 2 aromatic heterocycles. The van der Waals surface area contributed by atoms with Gasteiger partial charge >= 0.3 is 5.97 Å². The van der Waals surface area contributed by atoms with Crippen LogP contribution in [0.5, 0.6) is 0 Å². The van der Waals surface area contributed by atoms with Crippen LogP contribution in [0.25, 0.3) is 22.2 Å². The Balaban J connectivity index is 1.62. The minimum atomic E-state index is -1.10. The van der Waals surface area contributed by atoms with Crippen molar-refractivity contribution in [1.29, 1.82) is 5.26 Å². The molecule has 8 heteroatoms. The third-order valence-electron chi connectivity index (χ3n) is 4.75. The maximum Gasteiger partial charge on any atom is 0.339 e. The fourth-order valence-electron chi connectivity index (χ4n) is 3.10. The number of esters is 1. The number of nitrogens with zero attached hydrogens (tertiary/aromatic N) is 2. The first kappa shape index (κ1) is 21.2. The van der Waals surface area contributed by atoms with Crippen molar-refractivity contribution in [3.8, 4) is 17.3 Å². The third-order valence-corrected chi connectivity index (χ3v) is 5.58. The molecule has 4 aromatic rings. The molecule has 1 N–H and O–H groups in total. The molecule has 1 atom stereocenters. The summed E-state index contributed by atoms with van der Waals surface area (Å²) in [6.07, 6.45) is -1.10. The Morgan fingerprint density at radius 1 is 1.16 bits per heavy atom. The summed E-state index contributed by atoms with van der Waals surface area (Å²) in [5.74, 6) is -1.62. The second-order valence-electron chi connectivity index (χ2n) is 6.89. The van der Waals surface area contributed by atoms with Crippen molar-refractivity contribution in [2.24, 2.45) is 0 Å². The molecular formula is C24H16FN3O3S. The van der Waals surface area contributed by atoms with Crippen LogP contribution in [0.15, 0.2) is 66.0 Å². The number of anilines is 1. The van der Waals surface area contributed by atoms with Gasteiger partial charge in [0.25, 0.3) is 5.91 Å². The summed E-state index contributed by atoms with van der Waals surface area (Å²) in [4.78, 5) is 30.1. The van der Waals surface area contributed by atoms with E-state index in [-0.39, 0.29) is 11.4 Å². The van der Waals surface area contributed by atoms with Crippen molar-refractivity contribution < 1.29 is 18.7 Å². The minimum Gasteiger partial charge on any atom is -0.449 e. The number of hydrogen-bond donors (Lipinski definition) is 1. The number of halogens is 1. The maximum absolute atomic E-state index is 13.3. The highest BCUT2D eigenvalue weighted by Gasteiger charge is 2.22. The number of nitrogens with one attached hydrogen (secondary N) is 1. The number of hydrogen-bond acceptors (Lipinski definition) is 6. The van der Waals surface area contributed by atoms with E-state index in [4.69, 9.17) is 10.00 Å². The van der Waals surface area contributed by atoms with Gasteiger partial charge in [0.1, 0.15) is 16.9 Å². The first-order chi connectivity index (χ1) is 15.5. The Kier molecular flexibility index (Phi) is 5.92. The standard InChI is InChI=1S/C24H16FN3O3S/c1-14(22(29)28-23-16(13-26)10-11-32-23)31-24(30)19-12-21(15-6-8-17(25)9-7-15)27-20-5-3-2-4-18(19)20/h2-12,14H,1H3,(H,28,29). The summed E-state index contributed by atoms with van der Waals surface area (Å²) in [6.45, 7) is 1.46. The highest BCUT2D eigenvalue weighted by atomic mass is 32.1. The van der Waals surface area contributed by atoms with E-state index < -0.39 is 18.0 Å². The maximum atomic E-state index is 13.3. The van der Waals surface area contributed by atoms with Gasteiger partial charge in [0.15, 0.2) is 6.10 Å². The molecule has 0 fully saturated rings. The number of pyridine rings is 1. The number of carbonyl (C=O) groups is 2. The smallest absolute Gasteiger partial charge is 0.339 e. The van der Waals surface area contributed by atoms with Gasteiger partial charge in [-0.25, -0.2) is 14.2 Å². The SMILES string of the molecule is CC(OC(=O)c1cc(-c2ccc(F)cc2)nc2ccccc12)C(=O)Nc1sccc1C#N. The summed E-state index contributed by atoms with van der Waals surface area (Å²) in [5.41, 5.74) is 2.26. The Labute approximate surface area is 186 Å². The van der Waals surface area contributed by atoms with Gasteiger partial charge in [0.2, 0.25) is 0 Å². The molecule has 158 valence electrons. The van der Waals surface area contributed by atoms with E-state index in [9.17, 15) is 14.0 Å². The molecule has 2 aromatic carbocycles. The Bertz CT molecular complexity index is 1360. The van der Waals surface area contributed by atoms with Gasteiger partial charge in [0, 0.05) is 10.9 Å². The highest BCUT2D eigenvalue weighted by Crippen LogP contribution is 2.26. The van der Waals surface area contributed by atoms with Crippen LogP contribution in [0.2, 0.25) is 0 Å². The Morgan fingerprint density at radius 3 is 2.66 bits per heavy atom. The topological polar surface area (TPSA) is 92.1 Å². The number of carbonyl (C=O) groups excluding carboxylic acids is 2. The normalized spacial score (nSPS) is 11.5. The number of thiophene rings is 1. The zero-order chi connectivity index (χ0) is 22.7. The lowest BCUT2D eigenvalue weighted by molar-refractivity contribution is -0.123. The molecule has 1 unspecified atom stereocenters. The van der Waals surface area contributed by atoms with Crippen LogP contribution in [0.3, 0.4) is 0 Å². The molecule has 0 aliphatic heterocycles. The lowest BCUT2D eigenvalue weighted by Gasteiger charge is -2.15. The summed E-state index contributed by atoms with van der Waals surface area (Å²) < 4.78 is 18.7. The summed E-state index contributed by atoms with van der Waals surface area (Å²) in [5, 5.41) is 14.3. The van der Waals surface area contributed by atoms with Crippen LogP contribution in [-0.2, 0) is 9.53 Å². The molecule has 0 saturated carbocycles. The van der Waals surface area contributed by atoms with Crippen LogP contribution in [-0.4, -0.2) is 23.0 Å². The number of rotatable bonds is 5. The first-order valence-corrected chi connectivity index (χ1v) is 10.5. The van der Waals surface area contributed by atoms with Gasteiger partial charge in [0.05, 0.1) is 22.3 Å². The second-order valence-corrected chi connectivity index (χ2v) is 7.81. The van der Waals surface area contributed by atoms with Gasteiger partial charge in [-0.1, -0.05) is 18.2 Å². The number of ether oxygens (including phenoxy) is 1. The molecule has 0 aliphatic carbocycles. The zero-order valence-electron chi connectivity index (χ0n) is 16.8. The number of aromatic nitrogens is 1. The molecule has 0 saturated heterocycles. The number of fused-ring (bicyclic) bond motifs is 1. The van der Waals surface area contributed by atoms with E-state index in [1.54, 1.807) is 53.9 Å². The lowest BCUT2D eigenvalue weighted by atomic mass is 10.0. The van der Waals surface area contributed by atoms with E-state index in [2.05, 4.69) is 10.3 Å². The largest absolute Gasteiger partial charge is 0.449 e. The van der Waals surface area contributed by atoms with Crippen molar-refractivity contribution >= 4 is 39.1 Å². The monoisotopic (exact) mass is 445 g/mol. The molecule has 0 spiro atoms. The molecule has 1 amide bonds. The molecule has 2 heterocycles. The van der Waals surface area contributed by atoms with Gasteiger partial charge in [-0.15, -0.1) is 11.3 Å². The van der Waals surface area contributed by atoms with E-state index in [0.717, 1.165) is 0 Å². The molecule has 0 radical (unpaired) electrons. The Morgan fingerprint density at radius 2 is 1.91 bits per heavy atom. The Hall–Kier alpha value is -4.09. The second kappa shape index (κ2) is 8.96. The average Bonchev–Trinajstić information content (AvgIpc) is 3.25. The summed E-state index contributed by atoms with van der Waals surface area (Å²) in [6, 6.07) is 18.0. The number of benzene rings is 2. The van der Waals surface area contributed by atoms with Crippen molar-refractivity contribution in [1.82, 2.24) is 4.98 Å². The first-order valence-electron chi connectivity index (χ1n) is 9.61. The number of amides is 1. The summed E-state index contributed by atoms with van der Waals surface area (Å²) >= 11 is 1.21. The predicted molar refractivity (Wildman–Crippen MR) is 120 cm³/mol. The van der Waals surface area contributed by atoms with Gasteiger partial charge < -0.3 is 10.1 Å². The molecule has 0 aliphatic rings. The van der Waals surface area contributed by atoms with Gasteiger partial charge in [-0.2, -0.15) is 5.26 Å². The number of para-hydroxylation sites is 1. The molecule has 32 heavy (non-hydrogen) atoms. The lowest BCUT2D eigenvalue weighted by Crippen LogP contribution is -2.30. The van der Waals surface area contributed by atoms with Crippen LogP contribution >= 0.6 is 11.3 Å². The molecular weight excluding hydrogens is 429 g/mol. The fourth-order valence-corrected chi connectivity index (χ4v) is 3.84. The predicted octanol–water partition coefficient (Wildman–Crippen LogP) is 5.16. The molecule has 0 bridgehead atoms. The van der Waals surface area contributed by atoms with Crippen LogP contribution in [0.4, 0.5) is 9.39 Å². The van der Waals surface area contributed by atoms with Crippen molar-refractivity contribution in [3.63, 3.8) is 0 Å². The van der Waals surface area contributed by atoms with Gasteiger partial charge in [-0.05, 0) is 54.8 Å². The van der Waals surface area contributed by atoms with E-state index in [1.807, 2.05) is 6.07 Å². The van der Waals surface area contributed by atoms with Crippen molar-refractivity contribution in [2.45, 2.75) is 13.0 Å². The van der Waals surface area contributed by atoms with Crippen LogP contribution in [0.1, 0.15) is 22.8 Å². The van der Waals surface area contributed by atoms with E-state index in [1.165, 1.54) is 30.4 Å². The van der Waals surface area contributed by atoms with E-state index in [0.29, 0.717) is 32.7 Å². The average molecular weight is 445 g/mol. The number of nitriles is 1. The van der Waals surface area contributed by atoms with Crippen LogP contribution in [0, 0.1) is 17.1 Å². The van der Waals surface area contributed by atoms with Crippen LogP contribution < -0.4 is 5.32 Å². The zero-order valence-corrected chi connectivity index (χ0v) is 17.7. The molecule has 4 rings (SSSR count). The highest BCUT2D eigenvalue weighted by molar-refractivity contribution is 7.14. The van der Waals surface area contributed by atoms with Gasteiger partial charge in [-0.3, -0.25) is 4.79 Å². The molecule has 6 nitrogen and oxygen atoms in total. The minimum absolute atomic E-state index is 0.239.